The average Bonchev–Trinajstić information content (AvgIpc) is 2.32. The molecule has 0 radical (unpaired) electrons. The molecule has 1 aromatic rings. The second-order valence-electron chi connectivity index (χ2n) is 4.82. The Kier molecular flexibility index (Phi) is 4.86. The van der Waals surface area contributed by atoms with E-state index in [0.29, 0.717) is 18.3 Å². The van der Waals surface area contributed by atoms with Crippen LogP contribution in [0.25, 0.3) is 0 Å². The number of hydrogen-bond acceptors (Lipinski definition) is 4. The maximum Gasteiger partial charge on any atom is 0.330 e. The Hall–Kier alpha value is -1.40. The lowest BCUT2D eigenvalue weighted by Crippen LogP contribution is -2.40. The maximum atomic E-state index is 11.7. The molecular weight excluding hydrogens is 232 g/mol. The molecular formula is C12H22N4O2. The lowest BCUT2D eigenvalue weighted by Gasteiger charge is -2.20. The van der Waals surface area contributed by atoms with Crippen LogP contribution in [0.2, 0.25) is 0 Å². The Balaban J connectivity index is 2.75. The fraction of sp³-hybridized carbons (Fsp3) is 0.667. The molecule has 1 heterocycles. The molecule has 1 rings (SSSR count). The first-order valence-electron chi connectivity index (χ1n) is 5.97. The number of hydrogen-bond donors (Lipinski definition) is 1. The fourth-order valence-corrected chi connectivity index (χ4v) is 1.54. The molecule has 1 aromatic heterocycles. The summed E-state index contributed by atoms with van der Waals surface area (Å²) in [5.74, 6) is 0. The van der Waals surface area contributed by atoms with Crippen molar-refractivity contribution in [1.82, 2.24) is 19.4 Å². The molecule has 0 fully saturated rings. The molecule has 1 N–H and O–H groups in total. The molecule has 1 unspecified atom stereocenters. The predicted octanol–water partition coefficient (Wildman–Crippen LogP) is -0.876. The third kappa shape index (κ3) is 3.30. The summed E-state index contributed by atoms with van der Waals surface area (Å²) in [5, 5.41) is 3.25. The summed E-state index contributed by atoms with van der Waals surface area (Å²) < 4.78 is 2.60. The van der Waals surface area contributed by atoms with E-state index in [0.717, 1.165) is 11.1 Å². The second kappa shape index (κ2) is 5.97. The van der Waals surface area contributed by atoms with Crippen molar-refractivity contribution in [3.63, 3.8) is 0 Å². The lowest BCUT2D eigenvalue weighted by molar-refractivity contribution is 0.302. The van der Waals surface area contributed by atoms with Gasteiger partial charge in [-0.1, -0.05) is 0 Å². The van der Waals surface area contributed by atoms with Crippen molar-refractivity contribution in [1.29, 1.82) is 0 Å². The molecule has 0 bridgehead atoms. The highest BCUT2D eigenvalue weighted by Crippen LogP contribution is 1.92. The van der Waals surface area contributed by atoms with E-state index in [2.05, 4.69) is 17.1 Å². The molecule has 0 aliphatic rings. The Morgan fingerprint density at radius 1 is 1.28 bits per heavy atom. The molecule has 1 atom stereocenters. The van der Waals surface area contributed by atoms with Gasteiger partial charge < -0.3 is 10.2 Å². The van der Waals surface area contributed by atoms with Gasteiger partial charge in [0.1, 0.15) is 0 Å². The molecule has 0 spiro atoms. The van der Waals surface area contributed by atoms with Crippen LogP contribution in [0.5, 0.6) is 0 Å². The van der Waals surface area contributed by atoms with Gasteiger partial charge in [-0.3, -0.25) is 13.9 Å². The van der Waals surface area contributed by atoms with Crippen LogP contribution in [0.15, 0.2) is 15.7 Å². The summed E-state index contributed by atoms with van der Waals surface area (Å²) in [6, 6.07) is 1.89. The van der Waals surface area contributed by atoms with E-state index in [1.807, 2.05) is 14.1 Å². The van der Waals surface area contributed by atoms with Crippen LogP contribution >= 0.6 is 0 Å². The van der Waals surface area contributed by atoms with Crippen molar-refractivity contribution < 1.29 is 0 Å². The van der Waals surface area contributed by atoms with Crippen LogP contribution < -0.4 is 16.6 Å². The van der Waals surface area contributed by atoms with Crippen molar-refractivity contribution in [2.75, 3.05) is 20.6 Å². The van der Waals surface area contributed by atoms with Gasteiger partial charge in [-0.2, -0.15) is 0 Å². The van der Waals surface area contributed by atoms with Crippen LogP contribution in [0.1, 0.15) is 12.6 Å². The first-order chi connectivity index (χ1) is 8.34. The van der Waals surface area contributed by atoms with Gasteiger partial charge in [0.15, 0.2) is 0 Å². The number of rotatable bonds is 5. The Labute approximate surface area is 107 Å². The lowest BCUT2D eigenvalue weighted by atomic mass is 10.3. The Morgan fingerprint density at radius 3 is 2.44 bits per heavy atom. The van der Waals surface area contributed by atoms with Gasteiger partial charge in [-0.05, 0) is 21.0 Å². The Bertz CT molecular complexity index is 516. The van der Waals surface area contributed by atoms with Crippen molar-refractivity contribution in [3.05, 3.63) is 32.6 Å². The third-order valence-corrected chi connectivity index (χ3v) is 3.25. The van der Waals surface area contributed by atoms with E-state index in [9.17, 15) is 9.59 Å². The zero-order valence-electron chi connectivity index (χ0n) is 11.7. The van der Waals surface area contributed by atoms with E-state index < -0.39 is 0 Å². The molecule has 0 amide bonds. The quantitative estimate of drug-likeness (QED) is 0.741. The average molecular weight is 254 g/mol. The molecule has 6 nitrogen and oxygen atoms in total. The Morgan fingerprint density at radius 2 is 1.89 bits per heavy atom. The highest BCUT2D eigenvalue weighted by molar-refractivity contribution is 5.01. The van der Waals surface area contributed by atoms with Crippen LogP contribution in [0.3, 0.4) is 0 Å². The largest absolute Gasteiger partial charge is 0.330 e. The summed E-state index contributed by atoms with van der Waals surface area (Å²) in [6.45, 7) is 3.42. The summed E-state index contributed by atoms with van der Waals surface area (Å²) in [5.41, 5.74) is 0.143. The van der Waals surface area contributed by atoms with E-state index in [1.54, 1.807) is 7.05 Å². The minimum absolute atomic E-state index is 0.268. The van der Waals surface area contributed by atoms with E-state index >= 15 is 0 Å². The zero-order chi connectivity index (χ0) is 13.9. The number of nitrogens with zero attached hydrogens (tertiary/aromatic N) is 3. The summed E-state index contributed by atoms with van der Waals surface area (Å²) in [7, 11) is 7.19. The highest BCUT2D eigenvalue weighted by Gasteiger charge is 2.07. The standard InChI is InChI=1S/C12H22N4O2/c1-9(14(2)3)7-13-8-10-6-11(17)16(5)12(18)15(10)4/h6,9,13H,7-8H2,1-5H3. The van der Waals surface area contributed by atoms with Gasteiger partial charge in [0.05, 0.1) is 0 Å². The van der Waals surface area contributed by atoms with Gasteiger partial charge in [0.25, 0.3) is 5.56 Å². The monoisotopic (exact) mass is 254 g/mol. The van der Waals surface area contributed by atoms with Gasteiger partial charge in [0.2, 0.25) is 0 Å². The molecule has 0 aromatic carbocycles. The first-order valence-corrected chi connectivity index (χ1v) is 5.97. The summed E-state index contributed by atoms with van der Waals surface area (Å²) in [6.07, 6.45) is 0. The van der Waals surface area contributed by atoms with Crippen LogP contribution in [-0.2, 0) is 20.6 Å². The van der Waals surface area contributed by atoms with Gasteiger partial charge >= 0.3 is 5.69 Å². The van der Waals surface area contributed by atoms with Crippen molar-refractivity contribution in [2.45, 2.75) is 19.5 Å². The van der Waals surface area contributed by atoms with Crippen molar-refractivity contribution in [3.8, 4) is 0 Å². The molecule has 18 heavy (non-hydrogen) atoms. The van der Waals surface area contributed by atoms with E-state index in [1.165, 1.54) is 17.7 Å². The third-order valence-electron chi connectivity index (χ3n) is 3.25. The zero-order valence-corrected chi connectivity index (χ0v) is 11.7. The normalized spacial score (nSPS) is 13.0. The van der Waals surface area contributed by atoms with Gasteiger partial charge in [-0.15, -0.1) is 0 Å². The van der Waals surface area contributed by atoms with E-state index in [-0.39, 0.29) is 11.2 Å². The fourth-order valence-electron chi connectivity index (χ4n) is 1.54. The first kappa shape index (κ1) is 14.7. The molecule has 0 saturated carbocycles. The molecule has 102 valence electrons. The summed E-state index contributed by atoms with van der Waals surface area (Å²) >= 11 is 0. The smallest absolute Gasteiger partial charge is 0.310 e. The maximum absolute atomic E-state index is 11.7. The van der Waals surface area contributed by atoms with Crippen LogP contribution in [0, 0.1) is 0 Å². The van der Waals surface area contributed by atoms with Crippen LogP contribution in [-0.4, -0.2) is 40.7 Å². The molecule has 0 aliphatic carbocycles. The number of aromatic nitrogens is 2. The van der Waals surface area contributed by atoms with Crippen molar-refractivity contribution in [2.24, 2.45) is 14.1 Å². The van der Waals surface area contributed by atoms with Gasteiger partial charge in [0, 0.05) is 45.0 Å². The van der Waals surface area contributed by atoms with Crippen molar-refractivity contribution >= 4 is 0 Å². The predicted molar refractivity (Wildman–Crippen MR) is 71.8 cm³/mol. The molecule has 0 aliphatic heterocycles. The van der Waals surface area contributed by atoms with Gasteiger partial charge in [-0.25, -0.2) is 4.79 Å². The summed E-state index contributed by atoms with van der Waals surface area (Å²) in [4.78, 5) is 25.3. The number of nitrogens with one attached hydrogen (secondary N) is 1. The van der Waals surface area contributed by atoms with E-state index in [4.69, 9.17) is 0 Å². The SMILES string of the molecule is CC(CNCc1cc(=O)n(C)c(=O)n1C)N(C)C. The van der Waals surface area contributed by atoms with Crippen LogP contribution in [0.4, 0.5) is 0 Å². The topological polar surface area (TPSA) is 59.3 Å². The molecule has 0 saturated heterocycles. The number of likely N-dealkylation sites (N-methyl/N-ethyl adjacent to an activating group) is 1. The molecule has 6 heteroatoms. The highest BCUT2D eigenvalue weighted by atomic mass is 16.2. The minimum Gasteiger partial charge on any atom is -0.310 e. The minimum atomic E-state index is -0.292. The second-order valence-corrected chi connectivity index (χ2v) is 4.82.